The SMILES string of the molecule is CN(/C=C1\COc2c(ccc3ccccc23)C1=O)Cc1ccccc1. The Hall–Kier alpha value is -3.07. The summed E-state index contributed by atoms with van der Waals surface area (Å²) >= 11 is 0. The van der Waals surface area contributed by atoms with Crippen molar-refractivity contribution in [2.45, 2.75) is 6.54 Å². The van der Waals surface area contributed by atoms with E-state index < -0.39 is 0 Å². The van der Waals surface area contributed by atoms with Gasteiger partial charge >= 0.3 is 0 Å². The van der Waals surface area contributed by atoms with E-state index in [1.54, 1.807) is 0 Å². The van der Waals surface area contributed by atoms with E-state index in [4.69, 9.17) is 4.74 Å². The average molecular weight is 329 g/mol. The summed E-state index contributed by atoms with van der Waals surface area (Å²) < 4.78 is 5.96. The Morgan fingerprint density at radius 3 is 2.60 bits per heavy atom. The summed E-state index contributed by atoms with van der Waals surface area (Å²) in [5.74, 6) is 0.748. The van der Waals surface area contributed by atoms with Gasteiger partial charge < -0.3 is 9.64 Å². The molecule has 0 saturated heterocycles. The Morgan fingerprint density at radius 2 is 1.76 bits per heavy atom. The minimum absolute atomic E-state index is 0.0481. The van der Waals surface area contributed by atoms with Crippen molar-refractivity contribution in [3.63, 3.8) is 0 Å². The van der Waals surface area contributed by atoms with Gasteiger partial charge in [-0.15, -0.1) is 0 Å². The predicted octanol–water partition coefficient (Wildman–Crippen LogP) is 4.43. The number of carbonyl (C=O) groups excluding carboxylic acids is 1. The highest BCUT2D eigenvalue weighted by Gasteiger charge is 2.25. The summed E-state index contributed by atoms with van der Waals surface area (Å²) in [6.45, 7) is 1.06. The molecule has 0 bridgehead atoms. The van der Waals surface area contributed by atoms with Crippen molar-refractivity contribution in [1.82, 2.24) is 4.90 Å². The van der Waals surface area contributed by atoms with Crippen LogP contribution >= 0.6 is 0 Å². The van der Waals surface area contributed by atoms with Gasteiger partial charge in [-0.25, -0.2) is 0 Å². The first-order valence-corrected chi connectivity index (χ1v) is 8.36. The zero-order valence-corrected chi connectivity index (χ0v) is 14.1. The van der Waals surface area contributed by atoms with E-state index in [2.05, 4.69) is 12.1 Å². The molecule has 124 valence electrons. The number of nitrogens with zero attached hydrogens (tertiary/aromatic N) is 1. The highest BCUT2D eigenvalue weighted by molar-refractivity contribution is 6.14. The minimum Gasteiger partial charge on any atom is -0.487 e. The van der Waals surface area contributed by atoms with Crippen molar-refractivity contribution in [3.05, 3.63) is 89.6 Å². The van der Waals surface area contributed by atoms with E-state index in [0.717, 1.165) is 17.3 Å². The normalized spacial score (nSPS) is 15.1. The van der Waals surface area contributed by atoms with Crippen LogP contribution in [-0.4, -0.2) is 24.3 Å². The van der Waals surface area contributed by atoms with Gasteiger partial charge in [0.1, 0.15) is 12.4 Å². The lowest BCUT2D eigenvalue weighted by Gasteiger charge is -2.23. The lowest BCUT2D eigenvalue weighted by molar-refractivity contribution is 0.0997. The molecule has 1 aliphatic heterocycles. The Kier molecular flexibility index (Phi) is 3.98. The number of fused-ring (bicyclic) bond motifs is 3. The number of hydrogen-bond donors (Lipinski definition) is 0. The van der Waals surface area contributed by atoms with Crippen LogP contribution in [0.5, 0.6) is 5.75 Å². The largest absolute Gasteiger partial charge is 0.487 e. The number of carbonyl (C=O) groups is 1. The zero-order valence-electron chi connectivity index (χ0n) is 14.1. The summed E-state index contributed by atoms with van der Waals surface area (Å²) in [6, 6.07) is 22.0. The maximum atomic E-state index is 12.9. The molecule has 3 aromatic carbocycles. The fourth-order valence-electron chi connectivity index (χ4n) is 3.24. The molecule has 0 spiro atoms. The number of Topliss-reactive ketones (excluding diaryl/α,β-unsaturated/α-hetero) is 1. The van der Waals surface area contributed by atoms with Crippen molar-refractivity contribution in [2.75, 3.05) is 13.7 Å². The standard InChI is InChI=1S/C22H19NO2/c1-23(13-16-7-3-2-4-8-16)14-18-15-25-22-19-10-6-5-9-17(19)11-12-20(22)21(18)24/h2-12,14H,13,15H2,1H3/b18-14+. The van der Waals surface area contributed by atoms with Gasteiger partial charge in [0.05, 0.1) is 11.1 Å². The zero-order chi connectivity index (χ0) is 17.2. The van der Waals surface area contributed by atoms with Crippen LogP contribution in [0.2, 0.25) is 0 Å². The third-order valence-corrected chi connectivity index (χ3v) is 4.44. The average Bonchev–Trinajstić information content (AvgIpc) is 2.64. The smallest absolute Gasteiger partial charge is 0.197 e. The molecule has 25 heavy (non-hydrogen) atoms. The number of benzene rings is 3. The van der Waals surface area contributed by atoms with Crippen LogP contribution in [0.25, 0.3) is 10.8 Å². The first-order valence-electron chi connectivity index (χ1n) is 8.36. The van der Waals surface area contributed by atoms with Crippen LogP contribution in [-0.2, 0) is 6.54 Å². The van der Waals surface area contributed by atoms with Gasteiger partial charge in [-0.1, -0.05) is 60.7 Å². The fourth-order valence-corrected chi connectivity index (χ4v) is 3.24. The second kappa shape index (κ2) is 6.44. The fraction of sp³-hybridized carbons (Fsp3) is 0.136. The molecule has 0 aromatic heterocycles. The second-order valence-electron chi connectivity index (χ2n) is 6.34. The summed E-state index contributed by atoms with van der Waals surface area (Å²) in [7, 11) is 1.98. The van der Waals surface area contributed by atoms with Gasteiger partial charge in [-0.05, 0) is 17.0 Å². The van der Waals surface area contributed by atoms with Gasteiger partial charge in [0, 0.05) is 25.2 Å². The highest BCUT2D eigenvalue weighted by atomic mass is 16.5. The molecule has 0 atom stereocenters. The van der Waals surface area contributed by atoms with Gasteiger partial charge in [0.15, 0.2) is 5.78 Å². The first kappa shape index (κ1) is 15.5. The summed E-state index contributed by atoms with van der Waals surface area (Å²) in [5, 5.41) is 2.08. The molecule has 0 amide bonds. The molecule has 0 aliphatic carbocycles. The molecule has 3 aromatic rings. The molecular weight excluding hydrogens is 310 g/mol. The summed E-state index contributed by atoms with van der Waals surface area (Å²) in [6.07, 6.45) is 1.90. The lowest BCUT2D eigenvalue weighted by Crippen LogP contribution is -2.22. The van der Waals surface area contributed by atoms with Crippen LogP contribution in [0.15, 0.2) is 78.5 Å². The van der Waals surface area contributed by atoms with E-state index in [-0.39, 0.29) is 5.78 Å². The molecule has 1 aliphatic rings. The van der Waals surface area contributed by atoms with E-state index in [9.17, 15) is 4.79 Å². The molecule has 0 unspecified atom stereocenters. The minimum atomic E-state index is 0.0481. The van der Waals surface area contributed by atoms with Crippen molar-refractivity contribution >= 4 is 16.6 Å². The quantitative estimate of drug-likeness (QED) is 0.666. The van der Waals surface area contributed by atoms with E-state index >= 15 is 0 Å². The van der Waals surface area contributed by atoms with Crippen LogP contribution in [0.3, 0.4) is 0 Å². The molecule has 1 heterocycles. The predicted molar refractivity (Wildman–Crippen MR) is 99.8 cm³/mol. The van der Waals surface area contributed by atoms with E-state index in [0.29, 0.717) is 23.5 Å². The van der Waals surface area contributed by atoms with Crippen molar-refractivity contribution < 1.29 is 9.53 Å². The Balaban J connectivity index is 1.62. The van der Waals surface area contributed by atoms with Gasteiger partial charge in [-0.2, -0.15) is 0 Å². The third-order valence-electron chi connectivity index (χ3n) is 4.44. The molecule has 0 N–H and O–H groups in total. The Morgan fingerprint density at radius 1 is 1.00 bits per heavy atom. The van der Waals surface area contributed by atoms with Gasteiger partial charge in [0.25, 0.3) is 0 Å². The Bertz CT molecular complexity index is 960. The molecule has 0 fully saturated rings. The van der Waals surface area contributed by atoms with Crippen LogP contribution in [0.4, 0.5) is 0 Å². The van der Waals surface area contributed by atoms with Crippen LogP contribution in [0.1, 0.15) is 15.9 Å². The third kappa shape index (κ3) is 3.01. The topological polar surface area (TPSA) is 29.5 Å². The maximum absolute atomic E-state index is 12.9. The first-order chi connectivity index (χ1) is 12.2. The molecular formula is C22H19NO2. The number of ether oxygens (including phenoxy) is 1. The van der Waals surface area contributed by atoms with Crippen LogP contribution < -0.4 is 4.74 Å². The second-order valence-corrected chi connectivity index (χ2v) is 6.34. The summed E-state index contributed by atoms with van der Waals surface area (Å²) in [4.78, 5) is 14.9. The van der Waals surface area contributed by atoms with Crippen LogP contribution in [0, 0.1) is 0 Å². The molecule has 0 saturated carbocycles. The number of ketones is 1. The highest BCUT2D eigenvalue weighted by Crippen LogP contribution is 2.34. The number of rotatable bonds is 3. The summed E-state index contributed by atoms with van der Waals surface area (Å²) in [5.41, 5.74) is 2.53. The maximum Gasteiger partial charge on any atom is 0.197 e. The molecule has 3 nitrogen and oxygen atoms in total. The van der Waals surface area contributed by atoms with Gasteiger partial charge in [0.2, 0.25) is 0 Å². The van der Waals surface area contributed by atoms with Gasteiger partial charge in [-0.3, -0.25) is 4.79 Å². The van der Waals surface area contributed by atoms with E-state index in [1.165, 1.54) is 5.56 Å². The lowest BCUT2D eigenvalue weighted by atomic mass is 9.97. The van der Waals surface area contributed by atoms with Crippen molar-refractivity contribution in [2.24, 2.45) is 0 Å². The van der Waals surface area contributed by atoms with Crippen molar-refractivity contribution in [3.8, 4) is 5.75 Å². The van der Waals surface area contributed by atoms with E-state index in [1.807, 2.05) is 72.7 Å². The molecule has 0 radical (unpaired) electrons. The molecule has 4 rings (SSSR count). The monoisotopic (exact) mass is 329 g/mol. The number of hydrogen-bond acceptors (Lipinski definition) is 3. The van der Waals surface area contributed by atoms with Crippen molar-refractivity contribution in [1.29, 1.82) is 0 Å². The molecule has 3 heteroatoms. The Labute approximate surface area is 147 Å².